The van der Waals surface area contributed by atoms with Crippen LogP contribution in [0.15, 0.2) is 54.1 Å². The number of ether oxygens (including phenoxy) is 3. The number of benzene rings is 2. The average molecular weight is 481 g/mol. The number of rotatable bonds is 9. The molecule has 186 valence electrons. The van der Waals surface area contributed by atoms with E-state index in [1.165, 1.54) is 0 Å². The molecule has 1 amide bonds. The highest BCUT2D eigenvalue weighted by Gasteiger charge is 2.46. The summed E-state index contributed by atoms with van der Waals surface area (Å²) in [6.07, 6.45) is 0.894. The van der Waals surface area contributed by atoms with Crippen molar-refractivity contribution in [2.24, 2.45) is 0 Å². The zero-order valence-corrected chi connectivity index (χ0v) is 20.2. The summed E-state index contributed by atoms with van der Waals surface area (Å²) in [5.74, 6) is -0.139. The van der Waals surface area contributed by atoms with Gasteiger partial charge < -0.3 is 24.2 Å². The fraction of sp³-hybridized carbons (Fsp3) is 0.407. The number of aliphatic hydroxyl groups excluding tert-OH is 1. The summed E-state index contributed by atoms with van der Waals surface area (Å²) >= 11 is 0. The Kier molecular flexibility index (Phi) is 8.05. The lowest BCUT2D eigenvalue weighted by Crippen LogP contribution is -2.42. The Balaban J connectivity index is 1.69. The van der Waals surface area contributed by atoms with Crippen LogP contribution < -0.4 is 9.47 Å². The van der Waals surface area contributed by atoms with Gasteiger partial charge in [-0.25, -0.2) is 0 Å². The van der Waals surface area contributed by atoms with Crippen LogP contribution in [0.4, 0.5) is 0 Å². The van der Waals surface area contributed by atoms with Gasteiger partial charge in [-0.3, -0.25) is 14.5 Å². The summed E-state index contributed by atoms with van der Waals surface area (Å²) in [4.78, 5) is 30.1. The SMILES string of the molecule is CCCOc1ccc(C2/C(=C(\O)c3ccc(OC)cc3)C(=O)C(=O)N2CCN2CCOCC2)cc1. The van der Waals surface area contributed by atoms with Crippen LogP contribution in [0.5, 0.6) is 11.5 Å². The molecule has 0 saturated carbocycles. The van der Waals surface area contributed by atoms with E-state index in [0.717, 1.165) is 30.8 Å². The van der Waals surface area contributed by atoms with Crippen LogP contribution in [-0.2, 0) is 14.3 Å². The standard InChI is InChI=1S/C27H32N2O6/c1-3-16-35-22-10-4-19(5-11-22)24-23(25(30)20-6-8-21(33-2)9-7-20)26(31)27(32)29(24)13-12-28-14-17-34-18-15-28/h4-11,24,30H,3,12-18H2,1-2H3/b25-23+. The van der Waals surface area contributed by atoms with Gasteiger partial charge in [0.25, 0.3) is 11.7 Å². The Labute approximate surface area is 205 Å². The third-order valence-electron chi connectivity index (χ3n) is 6.33. The first-order valence-corrected chi connectivity index (χ1v) is 12.0. The second-order valence-corrected chi connectivity index (χ2v) is 8.59. The van der Waals surface area contributed by atoms with E-state index in [2.05, 4.69) is 4.90 Å². The monoisotopic (exact) mass is 480 g/mol. The van der Waals surface area contributed by atoms with Crippen LogP contribution in [0, 0.1) is 0 Å². The molecule has 35 heavy (non-hydrogen) atoms. The number of Topliss-reactive ketones (excluding diaryl/α,β-unsaturated/α-hetero) is 1. The molecule has 2 aromatic rings. The Morgan fingerprint density at radius 2 is 1.66 bits per heavy atom. The van der Waals surface area contributed by atoms with Gasteiger partial charge in [0.2, 0.25) is 0 Å². The highest BCUT2D eigenvalue weighted by molar-refractivity contribution is 6.46. The largest absolute Gasteiger partial charge is 0.507 e. The van der Waals surface area contributed by atoms with Gasteiger partial charge >= 0.3 is 0 Å². The van der Waals surface area contributed by atoms with Crippen LogP contribution in [0.25, 0.3) is 5.76 Å². The van der Waals surface area contributed by atoms with Crippen molar-refractivity contribution in [1.82, 2.24) is 9.80 Å². The molecule has 0 radical (unpaired) electrons. The predicted molar refractivity (Wildman–Crippen MR) is 131 cm³/mol. The molecule has 1 unspecified atom stereocenters. The summed E-state index contributed by atoms with van der Waals surface area (Å²) in [5.41, 5.74) is 1.28. The Morgan fingerprint density at radius 3 is 2.29 bits per heavy atom. The number of nitrogens with zero attached hydrogens (tertiary/aromatic N) is 2. The Morgan fingerprint density at radius 1 is 1.00 bits per heavy atom. The van der Waals surface area contributed by atoms with E-state index in [1.807, 2.05) is 31.2 Å². The quantitative estimate of drug-likeness (QED) is 0.335. The van der Waals surface area contributed by atoms with Crippen molar-refractivity contribution < 1.29 is 28.9 Å². The summed E-state index contributed by atoms with van der Waals surface area (Å²) in [7, 11) is 1.56. The van der Waals surface area contributed by atoms with Crippen molar-refractivity contribution in [2.45, 2.75) is 19.4 Å². The van der Waals surface area contributed by atoms with Crippen LogP contribution in [0.2, 0.25) is 0 Å². The molecule has 2 saturated heterocycles. The minimum Gasteiger partial charge on any atom is -0.507 e. The number of methoxy groups -OCH3 is 1. The van der Waals surface area contributed by atoms with Crippen molar-refractivity contribution in [3.8, 4) is 11.5 Å². The van der Waals surface area contributed by atoms with Gasteiger partial charge in [-0.1, -0.05) is 19.1 Å². The van der Waals surface area contributed by atoms with E-state index in [1.54, 1.807) is 36.3 Å². The van der Waals surface area contributed by atoms with Gasteiger partial charge in [-0.05, 0) is 48.4 Å². The topological polar surface area (TPSA) is 88.5 Å². The third-order valence-corrected chi connectivity index (χ3v) is 6.33. The maximum absolute atomic E-state index is 13.2. The van der Waals surface area contributed by atoms with Crippen molar-refractivity contribution in [1.29, 1.82) is 0 Å². The van der Waals surface area contributed by atoms with Crippen molar-refractivity contribution in [3.05, 3.63) is 65.2 Å². The number of hydrogen-bond acceptors (Lipinski definition) is 7. The molecule has 2 aliphatic heterocycles. The van der Waals surface area contributed by atoms with Crippen molar-refractivity contribution in [3.63, 3.8) is 0 Å². The number of carbonyl (C=O) groups excluding carboxylic acids is 2. The molecule has 4 rings (SSSR count). The molecular formula is C27H32N2O6. The minimum absolute atomic E-state index is 0.0874. The number of carbonyl (C=O) groups is 2. The van der Waals surface area contributed by atoms with Crippen LogP contribution in [0.1, 0.15) is 30.5 Å². The van der Waals surface area contributed by atoms with Gasteiger partial charge in [-0.15, -0.1) is 0 Å². The minimum atomic E-state index is -0.696. The average Bonchev–Trinajstić information content (AvgIpc) is 3.16. The molecule has 1 N–H and O–H groups in total. The maximum Gasteiger partial charge on any atom is 0.295 e. The highest BCUT2D eigenvalue weighted by Crippen LogP contribution is 2.40. The molecule has 0 aromatic heterocycles. The summed E-state index contributed by atoms with van der Waals surface area (Å²) in [6.45, 7) is 6.49. The van der Waals surface area contributed by atoms with E-state index >= 15 is 0 Å². The van der Waals surface area contributed by atoms with Gasteiger partial charge in [0.1, 0.15) is 17.3 Å². The van der Waals surface area contributed by atoms with E-state index in [4.69, 9.17) is 14.2 Å². The fourth-order valence-corrected chi connectivity index (χ4v) is 4.40. The second-order valence-electron chi connectivity index (χ2n) is 8.59. The molecule has 2 aliphatic rings. The smallest absolute Gasteiger partial charge is 0.295 e. The molecule has 0 spiro atoms. The third kappa shape index (κ3) is 5.49. The first kappa shape index (κ1) is 24.8. The van der Waals surface area contributed by atoms with E-state index < -0.39 is 17.7 Å². The molecule has 1 atom stereocenters. The van der Waals surface area contributed by atoms with Crippen molar-refractivity contribution in [2.75, 3.05) is 53.1 Å². The number of aliphatic hydroxyl groups is 1. The molecule has 2 fully saturated rings. The van der Waals surface area contributed by atoms with E-state index in [9.17, 15) is 14.7 Å². The molecule has 2 aromatic carbocycles. The lowest BCUT2D eigenvalue weighted by atomic mass is 9.95. The lowest BCUT2D eigenvalue weighted by Gasteiger charge is -2.31. The second kappa shape index (κ2) is 11.4. The van der Waals surface area contributed by atoms with Crippen LogP contribution in [0.3, 0.4) is 0 Å². The van der Waals surface area contributed by atoms with Crippen LogP contribution >= 0.6 is 0 Å². The maximum atomic E-state index is 13.2. The van der Waals surface area contributed by atoms with Gasteiger partial charge in [0.05, 0.1) is 38.5 Å². The lowest BCUT2D eigenvalue weighted by molar-refractivity contribution is -0.140. The highest BCUT2D eigenvalue weighted by atomic mass is 16.5. The number of ketones is 1. The van der Waals surface area contributed by atoms with E-state index in [-0.39, 0.29) is 11.3 Å². The molecular weight excluding hydrogens is 448 g/mol. The Bertz CT molecular complexity index is 1060. The zero-order valence-electron chi connectivity index (χ0n) is 20.2. The summed E-state index contributed by atoms with van der Waals surface area (Å²) < 4.78 is 16.3. The van der Waals surface area contributed by atoms with E-state index in [0.29, 0.717) is 44.2 Å². The number of amides is 1. The number of morpholine rings is 1. The molecule has 0 aliphatic carbocycles. The molecule has 8 nitrogen and oxygen atoms in total. The molecule has 2 heterocycles. The van der Waals surface area contributed by atoms with Crippen LogP contribution in [-0.4, -0.2) is 79.7 Å². The van der Waals surface area contributed by atoms with Gasteiger partial charge in [0.15, 0.2) is 0 Å². The van der Waals surface area contributed by atoms with Gasteiger partial charge in [-0.2, -0.15) is 0 Å². The zero-order chi connectivity index (χ0) is 24.8. The normalized spacial score (nSPS) is 20.3. The number of likely N-dealkylation sites (tertiary alicyclic amines) is 1. The predicted octanol–water partition coefficient (Wildman–Crippen LogP) is 3.24. The molecule has 8 heteroatoms. The number of hydrogen-bond donors (Lipinski definition) is 1. The van der Waals surface area contributed by atoms with Crippen molar-refractivity contribution >= 4 is 17.4 Å². The fourth-order valence-electron chi connectivity index (χ4n) is 4.40. The summed E-state index contributed by atoms with van der Waals surface area (Å²) in [5, 5.41) is 11.2. The first-order chi connectivity index (χ1) is 17.0. The first-order valence-electron chi connectivity index (χ1n) is 12.0. The molecule has 0 bridgehead atoms. The van der Waals surface area contributed by atoms with Gasteiger partial charge in [0, 0.05) is 31.7 Å². The summed E-state index contributed by atoms with van der Waals surface area (Å²) in [6, 6.07) is 13.4. The Hall–Kier alpha value is -3.36.